The highest BCUT2D eigenvalue weighted by Crippen LogP contribution is 2.31. The highest BCUT2D eigenvalue weighted by Gasteiger charge is 2.39. The van der Waals surface area contributed by atoms with E-state index >= 15 is 0 Å². The van der Waals surface area contributed by atoms with Crippen LogP contribution in [0.5, 0.6) is 0 Å². The monoisotopic (exact) mass is 279 g/mol. The number of nitrogens with two attached hydrogens (primary N) is 1. The summed E-state index contributed by atoms with van der Waals surface area (Å²) in [6.45, 7) is 4.30. The molecule has 1 aromatic rings. The fourth-order valence-corrected chi connectivity index (χ4v) is 2.77. The molecule has 1 fully saturated rings. The minimum absolute atomic E-state index is 0.0546. The lowest BCUT2D eigenvalue weighted by Gasteiger charge is -2.23. The van der Waals surface area contributed by atoms with Crippen molar-refractivity contribution in [2.75, 3.05) is 20.1 Å². The number of nitrogens with zero attached hydrogens (tertiary/aromatic N) is 1. The molecule has 0 aliphatic carbocycles. The fourth-order valence-electron chi connectivity index (χ4n) is 2.77. The van der Waals surface area contributed by atoms with Gasteiger partial charge in [-0.1, -0.05) is 12.1 Å². The third-order valence-corrected chi connectivity index (χ3v) is 4.07. The number of rotatable bonds is 4. The second kappa shape index (κ2) is 5.89. The number of likely N-dealkylation sites (tertiary alicyclic amines) is 1. The van der Waals surface area contributed by atoms with E-state index < -0.39 is 0 Å². The van der Waals surface area contributed by atoms with Gasteiger partial charge in [0.25, 0.3) is 0 Å². The van der Waals surface area contributed by atoms with Crippen LogP contribution in [0, 0.1) is 11.2 Å². The molecule has 110 valence electrons. The van der Waals surface area contributed by atoms with Crippen molar-refractivity contribution in [3.8, 4) is 0 Å². The highest BCUT2D eigenvalue weighted by atomic mass is 19.1. The lowest BCUT2D eigenvalue weighted by Crippen LogP contribution is -2.39. The van der Waals surface area contributed by atoms with E-state index in [0.29, 0.717) is 25.2 Å². The van der Waals surface area contributed by atoms with Crippen molar-refractivity contribution in [1.29, 1.82) is 0 Å². The van der Waals surface area contributed by atoms with E-state index in [1.807, 2.05) is 13.0 Å². The zero-order chi connectivity index (χ0) is 14.8. The van der Waals surface area contributed by atoms with Crippen molar-refractivity contribution in [2.24, 2.45) is 11.1 Å². The first-order chi connectivity index (χ1) is 9.48. The molecular weight excluding hydrogens is 257 g/mol. The molecular formula is C15H22FN3O. The van der Waals surface area contributed by atoms with E-state index in [-0.39, 0.29) is 17.1 Å². The van der Waals surface area contributed by atoms with Crippen molar-refractivity contribution < 1.29 is 9.18 Å². The number of carbonyl (C=O) groups is 1. The Morgan fingerprint density at radius 3 is 2.90 bits per heavy atom. The lowest BCUT2D eigenvalue weighted by atomic mass is 9.89. The van der Waals surface area contributed by atoms with Gasteiger partial charge < -0.3 is 11.1 Å². The van der Waals surface area contributed by atoms with E-state index in [4.69, 9.17) is 5.73 Å². The molecule has 1 heterocycles. The van der Waals surface area contributed by atoms with Crippen LogP contribution in [-0.4, -0.2) is 30.9 Å². The smallest absolute Gasteiger partial charge is 0.227 e. The maximum atomic E-state index is 13.9. The van der Waals surface area contributed by atoms with Crippen LogP contribution in [0.2, 0.25) is 0 Å². The van der Waals surface area contributed by atoms with Gasteiger partial charge in [-0.15, -0.1) is 0 Å². The van der Waals surface area contributed by atoms with E-state index in [0.717, 1.165) is 18.5 Å². The van der Waals surface area contributed by atoms with E-state index in [1.165, 1.54) is 6.07 Å². The van der Waals surface area contributed by atoms with E-state index in [9.17, 15) is 9.18 Å². The van der Waals surface area contributed by atoms with Gasteiger partial charge in [0.15, 0.2) is 0 Å². The molecule has 1 amide bonds. The van der Waals surface area contributed by atoms with Gasteiger partial charge in [-0.3, -0.25) is 9.69 Å². The number of carbonyl (C=O) groups excluding carboxylic acids is 1. The third kappa shape index (κ3) is 2.99. The molecule has 4 nitrogen and oxygen atoms in total. The van der Waals surface area contributed by atoms with Crippen LogP contribution in [0.15, 0.2) is 18.2 Å². The molecule has 0 saturated carbocycles. The van der Waals surface area contributed by atoms with Crippen LogP contribution in [0.25, 0.3) is 0 Å². The van der Waals surface area contributed by atoms with Crippen LogP contribution in [0.3, 0.4) is 0 Å². The largest absolute Gasteiger partial charge is 0.359 e. The van der Waals surface area contributed by atoms with Crippen LogP contribution in [0.4, 0.5) is 4.39 Å². The Hall–Kier alpha value is -1.46. The summed E-state index contributed by atoms with van der Waals surface area (Å²) < 4.78 is 13.9. The molecule has 1 unspecified atom stereocenters. The molecule has 1 aliphatic rings. The standard InChI is InChI=1S/C15H22FN3O/c1-15(14(20)18-2)5-6-19(10-15)9-12-4-3-11(8-17)7-13(12)16/h3-4,7H,5-6,8-10,17H2,1-2H3,(H,18,20). The fraction of sp³-hybridized carbons (Fsp3) is 0.533. The summed E-state index contributed by atoms with van der Waals surface area (Å²) in [5.41, 5.74) is 6.57. The molecule has 1 atom stereocenters. The Balaban J connectivity index is 2.04. The first kappa shape index (κ1) is 14.9. The van der Waals surface area contributed by atoms with Gasteiger partial charge in [-0.25, -0.2) is 4.39 Å². The molecule has 1 aliphatic heterocycles. The summed E-state index contributed by atoms with van der Waals surface area (Å²) in [6, 6.07) is 5.13. The van der Waals surface area contributed by atoms with Crippen molar-refractivity contribution in [3.05, 3.63) is 35.1 Å². The maximum Gasteiger partial charge on any atom is 0.227 e. The quantitative estimate of drug-likeness (QED) is 0.872. The first-order valence-corrected chi connectivity index (χ1v) is 6.90. The number of halogens is 1. The van der Waals surface area contributed by atoms with Gasteiger partial charge in [-0.2, -0.15) is 0 Å². The van der Waals surface area contributed by atoms with Crippen LogP contribution in [0.1, 0.15) is 24.5 Å². The minimum atomic E-state index is -0.373. The molecule has 5 heteroatoms. The summed E-state index contributed by atoms with van der Waals surface area (Å²) in [4.78, 5) is 14.0. The van der Waals surface area contributed by atoms with Crippen molar-refractivity contribution in [3.63, 3.8) is 0 Å². The van der Waals surface area contributed by atoms with Gasteiger partial charge >= 0.3 is 0 Å². The first-order valence-electron chi connectivity index (χ1n) is 6.90. The average Bonchev–Trinajstić information content (AvgIpc) is 2.83. The lowest BCUT2D eigenvalue weighted by molar-refractivity contribution is -0.129. The Kier molecular flexibility index (Phi) is 4.40. The van der Waals surface area contributed by atoms with Gasteiger partial charge in [-0.05, 0) is 31.5 Å². The zero-order valence-electron chi connectivity index (χ0n) is 12.1. The van der Waals surface area contributed by atoms with Gasteiger partial charge in [0.2, 0.25) is 5.91 Å². The Bertz CT molecular complexity index is 506. The third-order valence-electron chi connectivity index (χ3n) is 4.07. The second-order valence-corrected chi connectivity index (χ2v) is 5.73. The molecule has 0 bridgehead atoms. The van der Waals surface area contributed by atoms with Crippen molar-refractivity contribution >= 4 is 5.91 Å². The van der Waals surface area contributed by atoms with Crippen LogP contribution < -0.4 is 11.1 Å². The number of hydrogen-bond acceptors (Lipinski definition) is 3. The van der Waals surface area contributed by atoms with Crippen molar-refractivity contribution in [1.82, 2.24) is 10.2 Å². The molecule has 0 aromatic heterocycles. The van der Waals surface area contributed by atoms with Crippen LogP contribution >= 0.6 is 0 Å². The second-order valence-electron chi connectivity index (χ2n) is 5.73. The van der Waals surface area contributed by atoms with Crippen LogP contribution in [-0.2, 0) is 17.9 Å². The number of benzene rings is 1. The highest BCUT2D eigenvalue weighted by molar-refractivity contribution is 5.82. The minimum Gasteiger partial charge on any atom is -0.359 e. The molecule has 20 heavy (non-hydrogen) atoms. The molecule has 0 spiro atoms. The summed E-state index contributed by atoms with van der Waals surface area (Å²) in [7, 11) is 1.65. The number of hydrogen-bond donors (Lipinski definition) is 2. The molecule has 1 saturated heterocycles. The molecule has 2 rings (SSSR count). The summed E-state index contributed by atoms with van der Waals surface area (Å²) >= 11 is 0. The topological polar surface area (TPSA) is 58.4 Å². The molecule has 1 aromatic carbocycles. The number of amides is 1. The van der Waals surface area contributed by atoms with Gasteiger partial charge in [0, 0.05) is 32.2 Å². The average molecular weight is 279 g/mol. The predicted molar refractivity (Wildman–Crippen MR) is 76.4 cm³/mol. The predicted octanol–water partition coefficient (Wildman–Crippen LogP) is 1.24. The summed E-state index contributed by atoms with van der Waals surface area (Å²) in [5, 5.41) is 2.70. The Labute approximate surface area is 119 Å². The Morgan fingerprint density at radius 2 is 2.30 bits per heavy atom. The van der Waals surface area contributed by atoms with Gasteiger partial charge in [0.05, 0.1) is 5.41 Å². The van der Waals surface area contributed by atoms with Crippen molar-refractivity contribution in [2.45, 2.75) is 26.4 Å². The number of nitrogens with one attached hydrogen (secondary N) is 1. The van der Waals surface area contributed by atoms with Gasteiger partial charge in [0.1, 0.15) is 5.82 Å². The maximum absolute atomic E-state index is 13.9. The zero-order valence-corrected chi connectivity index (χ0v) is 12.1. The SMILES string of the molecule is CNC(=O)C1(C)CCN(Cc2ccc(CN)cc2F)C1. The van der Waals surface area contributed by atoms with E-state index in [1.54, 1.807) is 13.1 Å². The summed E-state index contributed by atoms with van der Waals surface area (Å²) in [6.07, 6.45) is 0.801. The molecule has 0 radical (unpaired) electrons. The van der Waals surface area contributed by atoms with E-state index in [2.05, 4.69) is 10.2 Å². The normalized spacial score (nSPS) is 23.0. The Morgan fingerprint density at radius 1 is 1.55 bits per heavy atom. The summed E-state index contributed by atoms with van der Waals surface area (Å²) in [5.74, 6) is -0.166. The molecule has 3 N–H and O–H groups in total.